The normalized spacial score (nSPS) is 13.0. The number of rotatable bonds is 5. The summed E-state index contributed by atoms with van der Waals surface area (Å²) in [5, 5.41) is 6.89. The van der Waals surface area contributed by atoms with Gasteiger partial charge in [-0.05, 0) is 24.8 Å². The highest BCUT2D eigenvalue weighted by molar-refractivity contribution is 7.08. The van der Waals surface area contributed by atoms with E-state index in [1.165, 1.54) is 11.3 Å². The van der Waals surface area contributed by atoms with Gasteiger partial charge in [0.15, 0.2) is 5.78 Å². The van der Waals surface area contributed by atoms with E-state index in [9.17, 15) is 4.79 Å². The van der Waals surface area contributed by atoms with Crippen LogP contribution in [0.2, 0.25) is 0 Å². The molecule has 1 aromatic rings. The van der Waals surface area contributed by atoms with Crippen LogP contribution >= 0.6 is 11.3 Å². The fourth-order valence-electron chi connectivity index (χ4n) is 0.907. The molecule has 0 aliphatic heterocycles. The largest absolute Gasteiger partial charge is 0.388 e. The van der Waals surface area contributed by atoms with Crippen LogP contribution < -0.4 is 5.32 Å². The zero-order chi connectivity index (χ0) is 10.4. The number of hydrogen-bond donors (Lipinski definition) is 1. The third kappa shape index (κ3) is 3.34. The summed E-state index contributed by atoms with van der Waals surface area (Å²) < 4.78 is 0. The van der Waals surface area contributed by atoms with E-state index < -0.39 is 0 Å². The van der Waals surface area contributed by atoms with Crippen LogP contribution in [0, 0.1) is 0 Å². The summed E-state index contributed by atoms with van der Waals surface area (Å²) >= 11 is 1.54. The molecule has 0 saturated heterocycles. The molecule has 0 saturated carbocycles. The van der Waals surface area contributed by atoms with Gasteiger partial charge in [-0.1, -0.05) is 6.92 Å². The summed E-state index contributed by atoms with van der Waals surface area (Å²) in [6.45, 7) is 4.19. The van der Waals surface area contributed by atoms with Crippen molar-refractivity contribution in [3.63, 3.8) is 0 Å². The molecular formula is C11H15NOS. The molecule has 0 amide bonds. The molecule has 0 aromatic carbocycles. The number of thiophene rings is 1. The molecule has 14 heavy (non-hydrogen) atoms. The Morgan fingerprint density at radius 1 is 1.71 bits per heavy atom. The van der Waals surface area contributed by atoms with Crippen LogP contribution in [0.25, 0.3) is 0 Å². The number of hydrogen-bond acceptors (Lipinski definition) is 3. The second-order valence-corrected chi connectivity index (χ2v) is 3.97. The molecule has 0 bridgehead atoms. The average Bonchev–Trinajstić information content (AvgIpc) is 2.70. The number of carbonyl (C=O) groups is 1. The number of ketones is 1. The first-order valence-electron chi connectivity index (χ1n) is 4.73. The SMILES string of the molecule is CCC(C)N/C=C\C(=O)c1ccsc1. The lowest BCUT2D eigenvalue weighted by Gasteiger charge is -2.06. The topological polar surface area (TPSA) is 29.1 Å². The van der Waals surface area contributed by atoms with Gasteiger partial charge in [-0.25, -0.2) is 0 Å². The fraction of sp³-hybridized carbons (Fsp3) is 0.364. The summed E-state index contributed by atoms with van der Waals surface area (Å²) in [5.41, 5.74) is 0.761. The Labute approximate surface area is 88.6 Å². The smallest absolute Gasteiger partial charge is 0.188 e. The predicted octanol–water partition coefficient (Wildman–Crippen LogP) is 2.83. The van der Waals surface area contributed by atoms with Crippen LogP contribution in [0.4, 0.5) is 0 Å². The monoisotopic (exact) mass is 209 g/mol. The predicted molar refractivity (Wildman–Crippen MR) is 60.7 cm³/mol. The molecular weight excluding hydrogens is 194 g/mol. The molecule has 0 aliphatic carbocycles. The number of nitrogens with one attached hydrogen (secondary N) is 1. The zero-order valence-corrected chi connectivity index (χ0v) is 9.30. The molecule has 1 N–H and O–H groups in total. The first-order valence-corrected chi connectivity index (χ1v) is 5.67. The van der Waals surface area contributed by atoms with Gasteiger partial charge in [0, 0.05) is 29.3 Å². The van der Waals surface area contributed by atoms with Crippen molar-refractivity contribution in [2.75, 3.05) is 0 Å². The quantitative estimate of drug-likeness (QED) is 0.597. The molecule has 2 nitrogen and oxygen atoms in total. The molecule has 76 valence electrons. The third-order valence-electron chi connectivity index (χ3n) is 2.03. The van der Waals surface area contributed by atoms with Gasteiger partial charge in [0.2, 0.25) is 0 Å². The molecule has 1 heterocycles. The van der Waals surface area contributed by atoms with Gasteiger partial charge in [-0.15, -0.1) is 0 Å². The maximum Gasteiger partial charge on any atom is 0.188 e. The van der Waals surface area contributed by atoms with E-state index in [0.29, 0.717) is 6.04 Å². The minimum atomic E-state index is 0.0575. The van der Waals surface area contributed by atoms with Gasteiger partial charge in [0.25, 0.3) is 0 Å². The zero-order valence-electron chi connectivity index (χ0n) is 8.49. The summed E-state index contributed by atoms with van der Waals surface area (Å²) in [5.74, 6) is 0.0575. The van der Waals surface area contributed by atoms with E-state index in [1.54, 1.807) is 12.3 Å². The van der Waals surface area contributed by atoms with Gasteiger partial charge in [-0.2, -0.15) is 11.3 Å². The molecule has 0 spiro atoms. The van der Waals surface area contributed by atoms with Gasteiger partial charge in [0.1, 0.15) is 0 Å². The van der Waals surface area contributed by atoms with Crippen molar-refractivity contribution in [2.45, 2.75) is 26.3 Å². The van der Waals surface area contributed by atoms with E-state index in [1.807, 2.05) is 16.8 Å². The van der Waals surface area contributed by atoms with Crippen molar-refractivity contribution < 1.29 is 4.79 Å². The van der Waals surface area contributed by atoms with E-state index >= 15 is 0 Å². The number of carbonyl (C=O) groups excluding carboxylic acids is 1. The Balaban J connectivity index is 2.41. The highest BCUT2D eigenvalue weighted by atomic mass is 32.1. The lowest BCUT2D eigenvalue weighted by Crippen LogP contribution is -2.19. The van der Waals surface area contributed by atoms with Crippen LogP contribution in [0.15, 0.2) is 29.1 Å². The molecule has 1 rings (SSSR count). The van der Waals surface area contributed by atoms with Gasteiger partial charge >= 0.3 is 0 Å². The highest BCUT2D eigenvalue weighted by Gasteiger charge is 2.00. The Kier molecular flexibility index (Phi) is 4.40. The van der Waals surface area contributed by atoms with Crippen molar-refractivity contribution in [1.82, 2.24) is 5.32 Å². The minimum Gasteiger partial charge on any atom is -0.388 e. The van der Waals surface area contributed by atoms with E-state index in [-0.39, 0.29) is 5.78 Å². The summed E-state index contributed by atoms with van der Waals surface area (Å²) in [6, 6.07) is 2.25. The van der Waals surface area contributed by atoms with Gasteiger partial charge < -0.3 is 5.32 Å². The Hall–Kier alpha value is -1.09. The second-order valence-electron chi connectivity index (χ2n) is 3.19. The Morgan fingerprint density at radius 3 is 3.07 bits per heavy atom. The molecule has 1 unspecified atom stereocenters. The lowest BCUT2D eigenvalue weighted by atomic mass is 10.2. The van der Waals surface area contributed by atoms with Gasteiger partial charge in [-0.3, -0.25) is 4.79 Å². The maximum absolute atomic E-state index is 11.5. The Morgan fingerprint density at radius 2 is 2.50 bits per heavy atom. The summed E-state index contributed by atoms with van der Waals surface area (Å²) in [6.07, 6.45) is 4.36. The fourth-order valence-corrected chi connectivity index (χ4v) is 1.55. The molecule has 1 atom stereocenters. The van der Waals surface area contributed by atoms with Crippen molar-refractivity contribution in [3.8, 4) is 0 Å². The van der Waals surface area contributed by atoms with Crippen molar-refractivity contribution in [3.05, 3.63) is 34.7 Å². The molecule has 1 aromatic heterocycles. The minimum absolute atomic E-state index is 0.0575. The summed E-state index contributed by atoms with van der Waals surface area (Å²) in [7, 11) is 0. The first-order chi connectivity index (χ1) is 6.74. The molecule has 0 aliphatic rings. The molecule has 3 heteroatoms. The van der Waals surface area contributed by atoms with E-state index in [0.717, 1.165) is 12.0 Å². The maximum atomic E-state index is 11.5. The van der Waals surface area contributed by atoms with E-state index in [2.05, 4.69) is 19.2 Å². The van der Waals surface area contributed by atoms with Crippen LogP contribution in [0.5, 0.6) is 0 Å². The Bertz CT molecular complexity index is 303. The van der Waals surface area contributed by atoms with Crippen LogP contribution in [-0.4, -0.2) is 11.8 Å². The van der Waals surface area contributed by atoms with Crippen LogP contribution in [-0.2, 0) is 0 Å². The first kappa shape index (κ1) is 11.0. The van der Waals surface area contributed by atoms with E-state index in [4.69, 9.17) is 0 Å². The second kappa shape index (κ2) is 5.60. The average molecular weight is 209 g/mol. The molecule has 0 radical (unpaired) electrons. The third-order valence-corrected chi connectivity index (χ3v) is 2.72. The lowest BCUT2D eigenvalue weighted by molar-refractivity contribution is 0.104. The number of allylic oxidation sites excluding steroid dienone is 1. The van der Waals surface area contributed by atoms with Crippen molar-refractivity contribution >= 4 is 17.1 Å². The highest BCUT2D eigenvalue weighted by Crippen LogP contribution is 2.06. The van der Waals surface area contributed by atoms with Crippen LogP contribution in [0.3, 0.4) is 0 Å². The van der Waals surface area contributed by atoms with Gasteiger partial charge in [0.05, 0.1) is 0 Å². The molecule has 0 fully saturated rings. The van der Waals surface area contributed by atoms with Crippen LogP contribution in [0.1, 0.15) is 30.6 Å². The summed E-state index contributed by atoms with van der Waals surface area (Å²) in [4.78, 5) is 11.5. The van der Waals surface area contributed by atoms with Crippen molar-refractivity contribution in [2.24, 2.45) is 0 Å². The van der Waals surface area contributed by atoms with Crippen molar-refractivity contribution in [1.29, 1.82) is 0 Å². The standard InChI is InChI=1S/C11H15NOS/c1-3-9(2)12-6-4-11(13)10-5-7-14-8-10/h4-9,12H,3H2,1-2H3/b6-4-.